The van der Waals surface area contributed by atoms with E-state index in [-0.39, 0.29) is 0 Å². The Balaban J connectivity index is 1.25. The molecule has 2 nitrogen and oxygen atoms in total. The summed E-state index contributed by atoms with van der Waals surface area (Å²) >= 11 is 1.88. The molecule has 0 aliphatic heterocycles. The molecule has 0 bridgehead atoms. The Kier molecular flexibility index (Phi) is 5.19. The van der Waals surface area contributed by atoms with Crippen LogP contribution < -0.4 is 0 Å². The summed E-state index contributed by atoms with van der Waals surface area (Å²) in [5, 5.41) is 7.41. The standard InChI is InChI=1S/C42H25NOS/c1-2-9-26(10-3-1)27-17-20-31-36-23-28(30-13-8-14-35-34-12-5-7-16-41(34)45-42(30)35)18-22-37(36)43(38(31)24-27)29-19-21-33-32-11-4-6-15-39(32)44-40(33)25-29/h1-25H. The van der Waals surface area contributed by atoms with Gasteiger partial charge < -0.3 is 8.98 Å². The molecule has 3 heteroatoms. The molecule has 0 saturated carbocycles. The van der Waals surface area contributed by atoms with Gasteiger partial charge in [0, 0.05) is 53.5 Å². The Labute approximate surface area is 263 Å². The maximum atomic E-state index is 6.34. The lowest BCUT2D eigenvalue weighted by atomic mass is 10.00. The minimum atomic E-state index is 0.899. The van der Waals surface area contributed by atoms with E-state index in [1.54, 1.807) is 0 Å². The fraction of sp³-hybridized carbons (Fsp3) is 0. The van der Waals surface area contributed by atoms with Crippen molar-refractivity contribution in [1.29, 1.82) is 0 Å². The third-order valence-electron chi connectivity index (χ3n) is 9.21. The Morgan fingerprint density at radius 1 is 0.422 bits per heavy atom. The molecule has 0 N–H and O–H groups in total. The third-order valence-corrected chi connectivity index (χ3v) is 10.4. The zero-order valence-corrected chi connectivity index (χ0v) is 25.0. The van der Waals surface area contributed by atoms with Gasteiger partial charge in [0.25, 0.3) is 0 Å². The van der Waals surface area contributed by atoms with Crippen molar-refractivity contribution in [1.82, 2.24) is 4.57 Å². The quantitative estimate of drug-likeness (QED) is 0.200. The predicted molar refractivity (Wildman–Crippen MR) is 192 cm³/mol. The van der Waals surface area contributed by atoms with E-state index in [0.717, 1.165) is 27.6 Å². The van der Waals surface area contributed by atoms with Crippen LogP contribution >= 0.6 is 11.3 Å². The number of hydrogen-bond acceptors (Lipinski definition) is 2. The van der Waals surface area contributed by atoms with Gasteiger partial charge in [0.2, 0.25) is 0 Å². The van der Waals surface area contributed by atoms with Crippen molar-refractivity contribution < 1.29 is 4.42 Å². The van der Waals surface area contributed by atoms with Crippen LogP contribution in [-0.4, -0.2) is 4.57 Å². The zero-order valence-electron chi connectivity index (χ0n) is 24.2. The molecule has 210 valence electrons. The summed E-state index contributed by atoms with van der Waals surface area (Å²) in [6.45, 7) is 0. The highest BCUT2D eigenvalue weighted by Crippen LogP contribution is 2.42. The van der Waals surface area contributed by atoms with E-state index < -0.39 is 0 Å². The van der Waals surface area contributed by atoms with Crippen LogP contribution in [0.1, 0.15) is 0 Å². The van der Waals surface area contributed by atoms with Crippen molar-refractivity contribution >= 4 is 75.3 Å². The lowest BCUT2D eigenvalue weighted by Crippen LogP contribution is -1.94. The Hall–Kier alpha value is -5.64. The molecule has 3 aromatic heterocycles. The summed E-state index contributed by atoms with van der Waals surface area (Å²) in [4.78, 5) is 0. The van der Waals surface area contributed by atoms with Crippen molar-refractivity contribution in [2.75, 3.05) is 0 Å². The maximum Gasteiger partial charge on any atom is 0.137 e. The summed E-state index contributed by atoms with van der Waals surface area (Å²) in [5.41, 5.74) is 10.2. The number of furan rings is 1. The number of rotatable bonds is 3. The molecule has 45 heavy (non-hydrogen) atoms. The summed E-state index contributed by atoms with van der Waals surface area (Å²) in [6, 6.07) is 54.8. The smallest absolute Gasteiger partial charge is 0.137 e. The number of aromatic nitrogens is 1. The van der Waals surface area contributed by atoms with Gasteiger partial charge in [-0.25, -0.2) is 0 Å². The first kappa shape index (κ1) is 24.8. The highest BCUT2D eigenvalue weighted by atomic mass is 32.1. The number of thiophene rings is 1. The molecule has 0 radical (unpaired) electrons. The van der Waals surface area contributed by atoms with E-state index in [9.17, 15) is 0 Å². The number of benzene rings is 7. The number of fused-ring (bicyclic) bond motifs is 9. The van der Waals surface area contributed by atoms with E-state index in [2.05, 4.69) is 144 Å². The van der Waals surface area contributed by atoms with Crippen LogP contribution in [0.2, 0.25) is 0 Å². The van der Waals surface area contributed by atoms with Crippen molar-refractivity contribution in [3.63, 3.8) is 0 Å². The fourth-order valence-electron chi connectivity index (χ4n) is 7.10. The predicted octanol–water partition coefficient (Wildman–Crippen LogP) is 12.4. The van der Waals surface area contributed by atoms with Gasteiger partial charge in [-0.2, -0.15) is 0 Å². The van der Waals surface area contributed by atoms with Crippen LogP contribution in [0.15, 0.2) is 156 Å². The first-order chi connectivity index (χ1) is 22.3. The van der Waals surface area contributed by atoms with Crippen LogP contribution in [0.3, 0.4) is 0 Å². The lowest BCUT2D eigenvalue weighted by molar-refractivity contribution is 0.668. The van der Waals surface area contributed by atoms with E-state index in [1.807, 2.05) is 23.5 Å². The van der Waals surface area contributed by atoms with E-state index >= 15 is 0 Å². The molecule has 0 fully saturated rings. The highest BCUT2D eigenvalue weighted by Gasteiger charge is 2.17. The molecule has 0 unspecified atom stereocenters. The van der Waals surface area contributed by atoms with Gasteiger partial charge in [-0.05, 0) is 64.7 Å². The average Bonchev–Trinajstić information content (AvgIpc) is 3.77. The summed E-state index contributed by atoms with van der Waals surface area (Å²) in [5.74, 6) is 0. The van der Waals surface area contributed by atoms with Gasteiger partial charge in [0.05, 0.1) is 11.0 Å². The highest BCUT2D eigenvalue weighted by molar-refractivity contribution is 7.26. The normalized spacial score (nSPS) is 12.0. The Morgan fingerprint density at radius 2 is 1.18 bits per heavy atom. The number of para-hydroxylation sites is 1. The molecule has 0 aliphatic carbocycles. The minimum Gasteiger partial charge on any atom is -0.456 e. The zero-order chi connectivity index (χ0) is 29.5. The molecular formula is C42H25NOS. The van der Waals surface area contributed by atoms with E-state index in [0.29, 0.717) is 0 Å². The maximum absolute atomic E-state index is 6.34. The van der Waals surface area contributed by atoms with Gasteiger partial charge in [-0.15, -0.1) is 11.3 Å². The summed E-state index contributed by atoms with van der Waals surface area (Å²) in [7, 11) is 0. The molecular weight excluding hydrogens is 567 g/mol. The third kappa shape index (κ3) is 3.68. The van der Waals surface area contributed by atoms with E-state index in [4.69, 9.17) is 4.42 Å². The second-order valence-corrected chi connectivity index (χ2v) is 12.8. The molecule has 3 heterocycles. The second-order valence-electron chi connectivity index (χ2n) is 11.7. The van der Waals surface area contributed by atoms with Crippen LogP contribution in [0.4, 0.5) is 0 Å². The summed E-state index contributed by atoms with van der Waals surface area (Å²) in [6.07, 6.45) is 0. The monoisotopic (exact) mass is 591 g/mol. The van der Waals surface area contributed by atoms with Crippen molar-refractivity contribution in [2.24, 2.45) is 0 Å². The molecule has 10 rings (SSSR count). The van der Waals surface area contributed by atoms with Crippen LogP contribution in [0.25, 0.3) is 91.9 Å². The molecule has 10 aromatic rings. The van der Waals surface area contributed by atoms with E-state index in [1.165, 1.54) is 64.2 Å². The summed E-state index contributed by atoms with van der Waals surface area (Å²) < 4.78 is 11.4. The SMILES string of the molecule is c1ccc(-c2ccc3c4cc(-c5cccc6c5sc5ccccc56)ccc4n(-c4ccc5c(c4)oc4ccccc45)c3c2)cc1. The first-order valence-electron chi connectivity index (χ1n) is 15.3. The average molecular weight is 592 g/mol. The van der Waals surface area contributed by atoms with Gasteiger partial charge in [-0.1, -0.05) is 103 Å². The van der Waals surface area contributed by atoms with Crippen LogP contribution in [0, 0.1) is 0 Å². The topological polar surface area (TPSA) is 18.1 Å². The molecule has 0 saturated heterocycles. The van der Waals surface area contributed by atoms with Gasteiger partial charge in [0.1, 0.15) is 11.2 Å². The molecule has 0 aliphatic rings. The largest absolute Gasteiger partial charge is 0.456 e. The minimum absolute atomic E-state index is 0.899. The molecule has 0 amide bonds. The first-order valence-corrected chi connectivity index (χ1v) is 16.1. The van der Waals surface area contributed by atoms with Gasteiger partial charge >= 0.3 is 0 Å². The Bertz CT molecular complexity index is 2760. The number of nitrogens with zero attached hydrogens (tertiary/aromatic N) is 1. The Morgan fingerprint density at radius 3 is 2.11 bits per heavy atom. The molecule has 0 spiro atoms. The van der Waals surface area contributed by atoms with Crippen LogP contribution in [0.5, 0.6) is 0 Å². The molecule has 0 atom stereocenters. The number of hydrogen-bond donors (Lipinski definition) is 0. The van der Waals surface area contributed by atoms with Crippen LogP contribution in [-0.2, 0) is 0 Å². The van der Waals surface area contributed by atoms with Crippen molar-refractivity contribution in [2.45, 2.75) is 0 Å². The molecule has 7 aromatic carbocycles. The van der Waals surface area contributed by atoms with Gasteiger partial charge in [0.15, 0.2) is 0 Å². The lowest BCUT2D eigenvalue weighted by Gasteiger charge is -2.10. The van der Waals surface area contributed by atoms with Gasteiger partial charge in [-0.3, -0.25) is 0 Å². The van der Waals surface area contributed by atoms with Crippen molar-refractivity contribution in [3.8, 4) is 27.9 Å². The second kappa shape index (κ2) is 9.43. The fourth-order valence-corrected chi connectivity index (χ4v) is 8.34. The van der Waals surface area contributed by atoms with Crippen molar-refractivity contribution in [3.05, 3.63) is 152 Å².